The van der Waals surface area contributed by atoms with Gasteiger partial charge in [-0.1, -0.05) is 11.6 Å². The summed E-state index contributed by atoms with van der Waals surface area (Å²) in [5.41, 5.74) is 0.912. The zero-order valence-corrected chi connectivity index (χ0v) is 11.3. The number of halogens is 2. The standard InChI is InChI=1S/C11H13BrClNO2/c1-2-16-11-9(12)3-7(13)4-10(11)14-8-5-15-6-8/h3-4,8,14H,2,5-6H2,1H3. The summed E-state index contributed by atoms with van der Waals surface area (Å²) in [4.78, 5) is 0. The zero-order chi connectivity index (χ0) is 11.5. The maximum Gasteiger partial charge on any atom is 0.156 e. The summed E-state index contributed by atoms with van der Waals surface area (Å²) in [6.45, 7) is 4.04. The van der Waals surface area contributed by atoms with Gasteiger partial charge in [0, 0.05) is 5.02 Å². The molecule has 1 N–H and O–H groups in total. The highest BCUT2D eigenvalue weighted by molar-refractivity contribution is 9.10. The molecule has 1 saturated heterocycles. The van der Waals surface area contributed by atoms with Crippen LogP contribution in [-0.2, 0) is 4.74 Å². The van der Waals surface area contributed by atoms with Crippen molar-refractivity contribution in [3.05, 3.63) is 21.6 Å². The summed E-state index contributed by atoms with van der Waals surface area (Å²) in [6, 6.07) is 4.05. The second-order valence-electron chi connectivity index (χ2n) is 3.58. The van der Waals surface area contributed by atoms with E-state index in [1.165, 1.54) is 0 Å². The van der Waals surface area contributed by atoms with E-state index in [0.717, 1.165) is 29.1 Å². The van der Waals surface area contributed by atoms with E-state index in [2.05, 4.69) is 21.2 Å². The van der Waals surface area contributed by atoms with Crippen molar-refractivity contribution in [1.82, 2.24) is 0 Å². The molecule has 5 heteroatoms. The van der Waals surface area contributed by atoms with Crippen molar-refractivity contribution in [1.29, 1.82) is 0 Å². The summed E-state index contributed by atoms with van der Waals surface area (Å²) in [7, 11) is 0. The van der Waals surface area contributed by atoms with Crippen LogP contribution in [0.2, 0.25) is 5.02 Å². The first-order valence-electron chi connectivity index (χ1n) is 5.17. The van der Waals surface area contributed by atoms with E-state index >= 15 is 0 Å². The number of anilines is 1. The van der Waals surface area contributed by atoms with E-state index in [-0.39, 0.29) is 0 Å². The Hall–Kier alpha value is -0.450. The van der Waals surface area contributed by atoms with Gasteiger partial charge < -0.3 is 14.8 Å². The van der Waals surface area contributed by atoms with Gasteiger partial charge in [0.15, 0.2) is 5.75 Å². The minimum Gasteiger partial charge on any atom is -0.491 e. The lowest BCUT2D eigenvalue weighted by Crippen LogP contribution is -2.40. The summed E-state index contributed by atoms with van der Waals surface area (Å²) < 4.78 is 11.6. The topological polar surface area (TPSA) is 30.5 Å². The molecule has 1 aliphatic rings. The minimum atomic E-state index is 0.351. The normalized spacial score (nSPS) is 15.7. The molecule has 0 amide bonds. The third-order valence-electron chi connectivity index (χ3n) is 2.29. The molecule has 1 aromatic rings. The Bertz CT molecular complexity index is 382. The van der Waals surface area contributed by atoms with Crippen LogP contribution in [0.5, 0.6) is 5.75 Å². The monoisotopic (exact) mass is 305 g/mol. The fourth-order valence-corrected chi connectivity index (χ4v) is 2.42. The molecule has 16 heavy (non-hydrogen) atoms. The number of hydrogen-bond donors (Lipinski definition) is 1. The fourth-order valence-electron chi connectivity index (χ4n) is 1.50. The molecular formula is C11H13BrClNO2. The molecule has 1 fully saturated rings. The lowest BCUT2D eigenvalue weighted by atomic mass is 10.2. The first kappa shape index (κ1) is 12.0. The molecule has 88 valence electrons. The lowest BCUT2D eigenvalue weighted by Gasteiger charge is -2.29. The number of ether oxygens (including phenoxy) is 2. The van der Waals surface area contributed by atoms with Crippen LogP contribution >= 0.6 is 27.5 Å². The first-order chi connectivity index (χ1) is 7.70. The van der Waals surface area contributed by atoms with Crippen LogP contribution in [0.4, 0.5) is 5.69 Å². The highest BCUT2D eigenvalue weighted by Crippen LogP contribution is 2.37. The molecule has 1 aliphatic heterocycles. The van der Waals surface area contributed by atoms with Crippen LogP contribution in [0.3, 0.4) is 0 Å². The molecule has 0 aromatic heterocycles. The van der Waals surface area contributed by atoms with Crippen molar-refractivity contribution in [2.45, 2.75) is 13.0 Å². The number of hydrogen-bond acceptors (Lipinski definition) is 3. The quantitative estimate of drug-likeness (QED) is 0.926. The van der Waals surface area contributed by atoms with Gasteiger partial charge in [0.25, 0.3) is 0 Å². The van der Waals surface area contributed by atoms with Gasteiger partial charge >= 0.3 is 0 Å². The molecular weight excluding hydrogens is 293 g/mol. The number of nitrogens with one attached hydrogen (secondary N) is 1. The maximum atomic E-state index is 6.01. The van der Waals surface area contributed by atoms with Crippen LogP contribution in [0, 0.1) is 0 Å². The molecule has 0 saturated carbocycles. The Labute approximate surface area is 108 Å². The van der Waals surface area contributed by atoms with E-state index in [1.54, 1.807) is 0 Å². The van der Waals surface area contributed by atoms with Crippen molar-refractivity contribution in [3.63, 3.8) is 0 Å². The Morgan fingerprint density at radius 1 is 1.56 bits per heavy atom. The molecule has 0 bridgehead atoms. The molecule has 1 aromatic carbocycles. The van der Waals surface area contributed by atoms with E-state index in [9.17, 15) is 0 Å². The lowest BCUT2D eigenvalue weighted by molar-refractivity contribution is 0.0210. The average Bonchev–Trinajstić information content (AvgIpc) is 2.16. The smallest absolute Gasteiger partial charge is 0.156 e. The summed E-state index contributed by atoms with van der Waals surface area (Å²) in [5.74, 6) is 0.804. The largest absolute Gasteiger partial charge is 0.491 e. The number of benzene rings is 1. The van der Waals surface area contributed by atoms with Gasteiger partial charge in [-0.2, -0.15) is 0 Å². The third-order valence-corrected chi connectivity index (χ3v) is 3.10. The molecule has 3 nitrogen and oxygen atoms in total. The molecule has 2 rings (SSSR count). The maximum absolute atomic E-state index is 6.01. The molecule has 0 spiro atoms. The second-order valence-corrected chi connectivity index (χ2v) is 4.87. The Kier molecular flexibility index (Phi) is 3.95. The summed E-state index contributed by atoms with van der Waals surface area (Å²) in [6.07, 6.45) is 0. The summed E-state index contributed by atoms with van der Waals surface area (Å²) in [5, 5.41) is 4.03. The highest BCUT2D eigenvalue weighted by Gasteiger charge is 2.20. The van der Waals surface area contributed by atoms with Crippen LogP contribution in [-0.4, -0.2) is 25.9 Å². The van der Waals surface area contributed by atoms with Crippen molar-refractivity contribution in [2.75, 3.05) is 25.1 Å². The Morgan fingerprint density at radius 2 is 2.31 bits per heavy atom. The van der Waals surface area contributed by atoms with Crippen molar-refractivity contribution in [3.8, 4) is 5.75 Å². The van der Waals surface area contributed by atoms with Gasteiger partial charge in [-0.3, -0.25) is 0 Å². The van der Waals surface area contributed by atoms with E-state index < -0.39 is 0 Å². The van der Waals surface area contributed by atoms with Crippen molar-refractivity contribution in [2.24, 2.45) is 0 Å². The third kappa shape index (κ3) is 2.62. The van der Waals surface area contributed by atoms with E-state index in [1.807, 2.05) is 19.1 Å². The predicted molar refractivity (Wildman–Crippen MR) is 68.6 cm³/mol. The van der Waals surface area contributed by atoms with Gasteiger partial charge in [0.2, 0.25) is 0 Å². The van der Waals surface area contributed by atoms with Gasteiger partial charge in [0.1, 0.15) is 0 Å². The minimum absolute atomic E-state index is 0.351. The van der Waals surface area contributed by atoms with Crippen LogP contribution < -0.4 is 10.1 Å². The van der Waals surface area contributed by atoms with Crippen LogP contribution in [0.1, 0.15) is 6.92 Å². The Balaban J connectivity index is 2.24. The molecule has 0 atom stereocenters. The molecule has 1 heterocycles. The molecule has 0 unspecified atom stereocenters. The van der Waals surface area contributed by atoms with Crippen LogP contribution in [0.25, 0.3) is 0 Å². The SMILES string of the molecule is CCOc1c(Br)cc(Cl)cc1NC1COC1. The van der Waals surface area contributed by atoms with Crippen molar-refractivity contribution >= 4 is 33.2 Å². The highest BCUT2D eigenvalue weighted by atomic mass is 79.9. The Morgan fingerprint density at radius 3 is 2.88 bits per heavy atom. The van der Waals surface area contributed by atoms with Gasteiger partial charge in [-0.05, 0) is 35.0 Å². The van der Waals surface area contributed by atoms with E-state index in [0.29, 0.717) is 17.7 Å². The predicted octanol–water partition coefficient (Wildman–Crippen LogP) is 3.31. The average molecular weight is 307 g/mol. The van der Waals surface area contributed by atoms with Gasteiger partial charge in [-0.15, -0.1) is 0 Å². The summed E-state index contributed by atoms with van der Waals surface area (Å²) >= 11 is 9.46. The zero-order valence-electron chi connectivity index (χ0n) is 8.93. The molecule has 0 radical (unpaired) electrons. The van der Waals surface area contributed by atoms with Gasteiger partial charge in [0.05, 0.1) is 36.0 Å². The molecule has 0 aliphatic carbocycles. The van der Waals surface area contributed by atoms with Gasteiger partial charge in [-0.25, -0.2) is 0 Å². The van der Waals surface area contributed by atoms with E-state index in [4.69, 9.17) is 21.1 Å². The second kappa shape index (κ2) is 5.25. The van der Waals surface area contributed by atoms with Crippen molar-refractivity contribution < 1.29 is 9.47 Å². The first-order valence-corrected chi connectivity index (χ1v) is 6.34. The fraction of sp³-hybridized carbons (Fsp3) is 0.455. The van der Waals surface area contributed by atoms with Crippen LogP contribution in [0.15, 0.2) is 16.6 Å². The number of rotatable bonds is 4.